The zero-order valence-electron chi connectivity index (χ0n) is 5.64. The maximum atomic E-state index is 10.6. The fraction of sp³-hybridized carbons (Fsp3) is 0.667. The molecule has 9 heavy (non-hydrogen) atoms. The van der Waals surface area contributed by atoms with Crippen LogP contribution in [0.3, 0.4) is 0 Å². The Balaban J connectivity index is 3.84. The van der Waals surface area contributed by atoms with Crippen LogP contribution in [0, 0.1) is 17.2 Å². The molecule has 0 rings (SSSR count). The molecule has 0 aromatic carbocycles. The number of rotatable bonds is 2. The van der Waals surface area contributed by atoms with Crippen molar-refractivity contribution in [2.45, 2.75) is 13.3 Å². The van der Waals surface area contributed by atoms with Gasteiger partial charge in [-0.3, -0.25) is 4.79 Å². The van der Waals surface area contributed by atoms with Crippen molar-refractivity contribution in [2.75, 3.05) is 7.05 Å². The van der Waals surface area contributed by atoms with Crippen molar-refractivity contribution in [3.05, 3.63) is 0 Å². The van der Waals surface area contributed by atoms with Crippen molar-refractivity contribution in [1.29, 1.82) is 5.26 Å². The SMILES string of the molecule is CCC(C#N)C(=O)NC. The third-order valence-electron chi connectivity index (χ3n) is 1.13. The standard InChI is InChI=1S/C6H10N2O/c1-3-5(4-7)6(9)8-2/h5H,3H2,1-2H3,(H,8,9). The van der Waals surface area contributed by atoms with Crippen molar-refractivity contribution in [3.8, 4) is 6.07 Å². The number of nitrogens with one attached hydrogen (secondary N) is 1. The summed E-state index contributed by atoms with van der Waals surface area (Å²) in [7, 11) is 1.53. The molecule has 0 bridgehead atoms. The summed E-state index contributed by atoms with van der Waals surface area (Å²) in [6.07, 6.45) is 0.580. The van der Waals surface area contributed by atoms with Gasteiger partial charge in [0.15, 0.2) is 0 Å². The Kier molecular flexibility index (Phi) is 3.45. The second-order valence-corrected chi connectivity index (χ2v) is 1.70. The van der Waals surface area contributed by atoms with Gasteiger partial charge in [0.2, 0.25) is 5.91 Å². The molecule has 0 aliphatic rings. The minimum Gasteiger partial charge on any atom is -0.358 e. The van der Waals surface area contributed by atoms with E-state index in [1.54, 1.807) is 0 Å². The van der Waals surface area contributed by atoms with E-state index in [1.165, 1.54) is 7.05 Å². The molecular weight excluding hydrogens is 116 g/mol. The van der Waals surface area contributed by atoms with Crippen LogP contribution in [0.1, 0.15) is 13.3 Å². The number of hydrogen-bond donors (Lipinski definition) is 1. The summed E-state index contributed by atoms with van der Waals surface area (Å²) in [5, 5.41) is 10.7. The Bertz CT molecular complexity index is 136. The van der Waals surface area contributed by atoms with E-state index in [2.05, 4.69) is 5.32 Å². The molecule has 0 spiro atoms. The third-order valence-corrected chi connectivity index (χ3v) is 1.13. The maximum Gasteiger partial charge on any atom is 0.237 e. The van der Waals surface area contributed by atoms with E-state index >= 15 is 0 Å². The van der Waals surface area contributed by atoms with E-state index in [0.717, 1.165) is 0 Å². The highest BCUT2D eigenvalue weighted by Gasteiger charge is 2.11. The highest BCUT2D eigenvalue weighted by Crippen LogP contribution is 1.98. The molecule has 0 saturated carbocycles. The molecular formula is C6H10N2O. The van der Waals surface area contributed by atoms with E-state index in [-0.39, 0.29) is 5.91 Å². The summed E-state index contributed by atoms with van der Waals surface area (Å²) in [4.78, 5) is 10.6. The van der Waals surface area contributed by atoms with Crippen LogP contribution in [-0.2, 0) is 4.79 Å². The average molecular weight is 126 g/mol. The molecule has 0 aromatic heterocycles. The molecule has 0 heterocycles. The Hall–Kier alpha value is -1.04. The predicted molar refractivity (Wildman–Crippen MR) is 33.5 cm³/mol. The van der Waals surface area contributed by atoms with E-state index in [9.17, 15) is 4.79 Å². The van der Waals surface area contributed by atoms with E-state index in [1.807, 2.05) is 13.0 Å². The van der Waals surface area contributed by atoms with Gasteiger partial charge in [-0.15, -0.1) is 0 Å². The Labute approximate surface area is 54.7 Å². The lowest BCUT2D eigenvalue weighted by atomic mass is 10.1. The summed E-state index contributed by atoms with van der Waals surface area (Å²) >= 11 is 0. The van der Waals surface area contributed by atoms with Gasteiger partial charge < -0.3 is 5.32 Å². The Morgan fingerprint density at radius 3 is 2.56 bits per heavy atom. The van der Waals surface area contributed by atoms with E-state index in [4.69, 9.17) is 5.26 Å². The fourth-order valence-electron chi connectivity index (χ4n) is 0.510. The molecule has 0 fully saturated rings. The van der Waals surface area contributed by atoms with Gasteiger partial charge in [-0.05, 0) is 6.42 Å². The fourth-order valence-corrected chi connectivity index (χ4v) is 0.510. The van der Waals surface area contributed by atoms with Crippen LogP contribution in [0.2, 0.25) is 0 Å². The minimum absolute atomic E-state index is 0.194. The highest BCUT2D eigenvalue weighted by molar-refractivity contribution is 5.80. The quantitative estimate of drug-likeness (QED) is 0.577. The van der Waals surface area contributed by atoms with Crippen LogP contribution in [0.5, 0.6) is 0 Å². The molecule has 1 amide bonds. The number of amides is 1. The largest absolute Gasteiger partial charge is 0.358 e. The molecule has 3 nitrogen and oxygen atoms in total. The lowest BCUT2D eigenvalue weighted by Crippen LogP contribution is -2.25. The Morgan fingerprint density at radius 2 is 2.44 bits per heavy atom. The summed E-state index contributed by atoms with van der Waals surface area (Å²) in [6, 6.07) is 1.89. The lowest BCUT2D eigenvalue weighted by molar-refractivity contribution is -0.122. The van der Waals surface area contributed by atoms with Crippen molar-refractivity contribution in [2.24, 2.45) is 5.92 Å². The van der Waals surface area contributed by atoms with Gasteiger partial charge in [-0.1, -0.05) is 6.92 Å². The van der Waals surface area contributed by atoms with Crippen LogP contribution in [-0.4, -0.2) is 13.0 Å². The molecule has 1 N–H and O–H groups in total. The van der Waals surface area contributed by atoms with Crippen molar-refractivity contribution in [1.82, 2.24) is 5.32 Å². The van der Waals surface area contributed by atoms with E-state index < -0.39 is 5.92 Å². The molecule has 1 unspecified atom stereocenters. The van der Waals surface area contributed by atoms with Crippen LogP contribution >= 0.6 is 0 Å². The molecule has 0 radical (unpaired) electrons. The second-order valence-electron chi connectivity index (χ2n) is 1.70. The maximum absolute atomic E-state index is 10.6. The third kappa shape index (κ3) is 2.13. The van der Waals surface area contributed by atoms with Gasteiger partial charge in [0.25, 0.3) is 0 Å². The number of carbonyl (C=O) groups is 1. The first-order valence-electron chi connectivity index (χ1n) is 2.87. The monoisotopic (exact) mass is 126 g/mol. The average Bonchev–Trinajstić information content (AvgIpc) is 1.90. The van der Waals surface area contributed by atoms with Gasteiger partial charge in [-0.2, -0.15) is 5.26 Å². The van der Waals surface area contributed by atoms with Crippen molar-refractivity contribution in [3.63, 3.8) is 0 Å². The van der Waals surface area contributed by atoms with E-state index in [0.29, 0.717) is 6.42 Å². The first-order valence-corrected chi connectivity index (χ1v) is 2.87. The summed E-state index contributed by atoms with van der Waals surface area (Å²) in [6.45, 7) is 1.81. The molecule has 50 valence electrons. The molecule has 0 saturated heterocycles. The molecule has 3 heteroatoms. The lowest BCUT2D eigenvalue weighted by Gasteiger charge is -2.01. The number of hydrogen-bond acceptors (Lipinski definition) is 2. The van der Waals surface area contributed by atoms with Gasteiger partial charge >= 0.3 is 0 Å². The number of carbonyl (C=O) groups excluding carboxylic acids is 1. The summed E-state index contributed by atoms with van der Waals surface area (Å²) < 4.78 is 0. The normalized spacial score (nSPS) is 11.7. The van der Waals surface area contributed by atoms with Gasteiger partial charge in [0, 0.05) is 7.05 Å². The second kappa shape index (κ2) is 3.90. The van der Waals surface area contributed by atoms with Crippen molar-refractivity contribution < 1.29 is 4.79 Å². The number of nitrogens with zero attached hydrogens (tertiary/aromatic N) is 1. The zero-order valence-corrected chi connectivity index (χ0v) is 5.64. The summed E-state index contributed by atoms with van der Waals surface area (Å²) in [5.74, 6) is -0.671. The number of nitriles is 1. The minimum atomic E-state index is -0.477. The predicted octanol–water partition coefficient (Wildman–Crippen LogP) is 0.282. The van der Waals surface area contributed by atoms with Crippen LogP contribution in [0.25, 0.3) is 0 Å². The summed E-state index contributed by atoms with van der Waals surface area (Å²) in [5.41, 5.74) is 0. The van der Waals surface area contributed by atoms with Crippen LogP contribution < -0.4 is 5.32 Å². The van der Waals surface area contributed by atoms with Crippen LogP contribution in [0.4, 0.5) is 0 Å². The van der Waals surface area contributed by atoms with Crippen LogP contribution in [0.15, 0.2) is 0 Å². The molecule has 1 atom stereocenters. The van der Waals surface area contributed by atoms with Gasteiger partial charge in [0.05, 0.1) is 6.07 Å². The highest BCUT2D eigenvalue weighted by atomic mass is 16.1. The van der Waals surface area contributed by atoms with Gasteiger partial charge in [-0.25, -0.2) is 0 Å². The zero-order chi connectivity index (χ0) is 7.28. The first kappa shape index (κ1) is 7.96. The first-order chi connectivity index (χ1) is 4.26. The molecule has 0 aromatic rings. The Morgan fingerprint density at radius 1 is 1.89 bits per heavy atom. The molecule has 0 aliphatic carbocycles. The smallest absolute Gasteiger partial charge is 0.237 e. The van der Waals surface area contributed by atoms with Gasteiger partial charge in [0.1, 0.15) is 5.92 Å². The molecule has 0 aliphatic heterocycles. The topological polar surface area (TPSA) is 52.9 Å². The van der Waals surface area contributed by atoms with Crippen molar-refractivity contribution >= 4 is 5.91 Å².